The predicted molar refractivity (Wildman–Crippen MR) is 51.8 cm³/mol. The zero-order valence-corrected chi connectivity index (χ0v) is 8.44. The van der Waals surface area contributed by atoms with E-state index in [-0.39, 0.29) is 10.9 Å². The third kappa shape index (κ3) is 3.30. The van der Waals surface area contributed by atoms with Gasteiger partial charge in [0.15, 0.2) is 0 Å². The fraction of sp³-hybridized carbons (Fsp3) is 0.333. The SMILES string of the molecule is C=C/C=C\C(=C/C)C(F)(F)CBr. The Balaban J connectivity index is 4.57. The van der Waals surface area contributed by atoms with Gasteiger partial charge in [-0.25, -0.2) is 8.78 Å². The van der Waals surface area contributed by atoms with Gasteiger partial charge in [0.05, 0.1) is 5.33 Å². The highest BCUT2D eigenvalue weighted by atomic mass is 79.9. The van der Waals surface area contributed by atoms with E-state index in [0.29, 0.717) is 0 Å². The van der Waals surface area contributed by atoms with E-state index in [1.54, 1.807) is 6.92 Å². The van der Waals surface area contributed by atoms with Crippen LogP contribution in [0.3, 0.4) is 0 Å². The molecule has 0 aliphatic heterocycles. The van der Waals surface area contributed by atoms with E-state index in [2.05, 4.69) is 22.5 Å². The van der Waals surface area contributed by atoms with Gasteiger partial charge < -0.3 is 0 Å². The first-order chi connectivity index (χ1) is 5.58. The number of hydrogen-bond donors (Lipinski definition) is 0. The number of hydrogen-bond acceptors (Lipinski definition) is 0. The quantitative estimate of drug-likeness (QED) is 0.516. The zero-order chi connectivity index (χ0) is 9.61. The van der Waals surface area contributed by atoms with Gasteiger partial charge in [0.1, 0.15) is 0 Å². The lowest BCUT2D eigenvalue weighted by Gasteiger charge is -2.13. The molecule has 0 amide bonds. The molecule has 0 atom stereocenters. The summed E-state index contributed by atoms with van der Waals surface area (Å²) >= 11 is 2.75. The second-order valence-corrected chi connectivity index (χ2v) is 2.74. The summed E-state index contributed by atoms with van der Waals surface area (Å²) in [6.45, 7) is 4.99. The minimum atomic E-state index is -2.80. The Morgan fingerprint density at radius 2 is 2.17 bits per heavy atom. The molecule has 0 aliphatic rings. The molecule has 0 rings (SSSR count). The molecule has 0 aromatic carbocycles. The standard InChI is InChI=1S/C9H11BrF2/c1-3-5-6-8(4-2)9(11,12)7-10/h3-6H,1,7H2,2H3/b6-5-,8-4+. The maximum Gasteiger partial charge on any atom is 0.282 e. The van der Waals surface area contributed by atoms with Crippen LogP contribution in [0.1, 0.15) is 6.92 Å². The first-order valence-corrected chi connectivity index (χ1v) is 4.60. The molecule has 0 heterocycles. The average Bonchev–Trinajstić information content (AvgIpc) is 2.05. The normalized spacial score (nSPS) is 13.8. The second-order valence-electron chi connectivity index (χ2n) is 2.18. The van der Waals surface area contributed by atoms with Gasteiger partial charge in [-0.05, 0) is 6.92 Å². The molecule has 0 spiro atoms. The van der Waals surface area contributed by atoms with Crippen LogP contribution in [-0.4, -0.2) is 11.3 Å². The lowest BCUT2D eigenvalue weighted by molar-refractivity contribution is 0.0742. The molecular formula is C9H11BrF2. The van der Waals surface area contributed by atoms with Gasteiger partial charge in [0.2, 0.25) is 0 Å². The smallest absolute Gasteiger partial charge is 0.200 e. The Bertz CT molecular complexity index is 205. The summed E-state index contributed by atoms with van der Waals surface area (Å²) in [6.07, 6.45) is 5.70. The Morgan fingerprint density at radius 3 is 2.50 bits per heavy atom. The van der Waals surface area contributed by atoms with E-state index in [1.807, 2.05) is 0 Å². The van der Waals surface area contributed by atoms with Gasteiger partial charge in [0, 0.05) is 5.57 Å². The van der Waals surface area contributed by atoms with Crippen LogP contribution in [0, 0.1) is 0 Å². The van der Waals surface area contributed by atoms with Gasteiger partial charge in [-0.15, -0.1) is 0 Å². The number of allylic oxidation sites excluding steroid dienone is 5. The average molecular weight is 237 g/mol. The van der Waals surface area contributed by atoms with E-state index < -0.39 is 5.92 Å². The van der Waals surface area contributed by atoms with E-state index >= 15 is 0 Å². The van der Waals surface area contributed by atoms with Crippen molar-refractivity contribution in [1.82, 2.24) is 0 Å². The van der Waals surface area contributed by atoms with Crippen LogP contribution in [0.5, 0.6) is 0 Å². The molecule has 0 radical (unpaired) electrons. The van der Waals surface area contributed by atoms with Gasteiger partial charge in [-0.2, -0.15) is 0 Å². The molecule has 0 nitrogen and oxygen atoms in total. The minimum absolute atomic E-state index is 0.000671. The van der Waals surface area contributed by atoms with E-state index in [9.17, 15) is 8.78 Å². The highest BCUT2D eigenvalue weighted by molar-refractivity contribution is 9.09. The van der Waals surface area contributed by atoms with Gasteiger partial charge >= 0.3 is 0 Å². The van der Waals surface area contributed by atoms with E-state index in [4.69, 9.17) is 0 Å². The van der Waals surface area contributed by atoms with Crippen LogP contribution in [0.2, 0.25) is 0 Å². The maximum atomic E-state index is 12.9. The van der Waals surface area contributed by atoms with Crippen molar-refractivity contribution in [2.75, 3.05) is 5.33 Å². The van der Waals surface area contributed by atoms with Crippen molar-refractivity contribution < 1.29 is 8.78 Å². The number of alkyl halides is 3. The topological polar surface area (TPSA) is 0 Å². The van der Waals surface area contributed by atoms with Crippen LogP contribution in [0.15, 0.2) is 36.5 Å². The molecular weight excluding hydrogens is 226 g/mol. The lowest BCUT2D eigenvalue weighted by Crippen LogP contribution is -2.19. The Morgan fingerprint density at radius 1 is 1.58 bits per heavy atom. The maximum absolute atomic E-state index is 12.9. The summed E-state index contributed by atoms with van der Waals surface area (Å²) in [5, 5.41) is -0.360. The zero-order valence-electron chi connectivity index (χ0n) is 6.86. The van der Waals surface area contributed by atoms with E-state index in [1.165, 1.54) is 24.3 Å². The summed E-state index contributed by atoms with van der Waals surface area (Å²) in [6, 6.07) is 0. The molecule has 0 aromatic heterocycles. The molecule has 0 saturated carbocycles. The summed E-state index contributed by atoms with van der Waals surface area (Å²) in [7, 11) is 0. The monoisotopic (exact) mass is 236 g/mol. The van der Waals surface area contributed by atoms with E-state index in [0.717, 1.165) is 0 Å². The van der Waals surface area contributed by atoms with Gasteiger partial charge in [0.25, 0.3) is 5.92 Å². The molecule has 0 aliphatic carbocycles. The fourth-order valence-electron chi connectivity index (χ4n) is 0.678. The molecule has 0 N–H and O–H groups in total. The van der Waals surface area contributed by atoms with Gasteiger partial charge in [-0.1, -0.05) is 46.8 Å². The summed E-state index contributed by atoms with van der Waals surface area (Å²) in [4.78, 5) is 0. The molecule has 0 aromatic rings. The largest absolute Gasteiger partial charge is 0.282 e. The van der Waals surface area contributed by atoms with Crippen molar-refractivity contribution in [3.63, 3.8) is 0 Å². The van der Waals surface area contributed by atoms with Crippen LogP contribution in [0.4, 0.5) is 8.78 Å². The van der Waals surface area contributed by atoms with Crippen molar-refractivity contribution in [2.45, 2.75) is 12.8 Å². The molecule has 68 valence electrons. The Labute approximate surface area is 79.8 Å². The van der Waals surface area contributed by atoms with Crippen molar-refractivity contribution in [3.8, 4) is 0 Å². The highest BCUT2D eigenvalue weighted by Gasteiger charge is 2.30. The van der Waals surface area contributed by atoms with Gasteiger partial charge in [-0.3, -0.25) is 0 Å². The van der Waals surface area contributed by atoms with Crippen molar-refractivity contribution in [1.29, 1.82) is 0 Å². The number of halogens is 3. The first kappa shape index (κ1) is 11.6. The van der Waals surface area contributed by atoms with Crippen molar-refractivity contribution in [2.24, 2.45) is 0 Å². The summed E-state index contributed by atoms with van der Waals surface area (Å²) in [5.41, 5.74) is -0.000671. The number of rotatable bonds is 4. The fourth-order valence-corrected chi connectivity index (χ4v) is 1.00. The minimum Gasteiger partial charge on any atom is -0.200 e. The summed E-state index contributed by atoms with van der Waals surface area (Å²) < 4.78 is 25.9. The molecule has 0 unspecified atom stereocenters. The van der Waals surface area contributed by atoms with Crippen molar-refractivity contribution >= 4 is 15.9 Å². The third-order valence-corrected chi connectivity index (χ3v) is 2.02. The Kier molecular flexibility index (Phi) is 5.06. The van der Waals surface area contributed by atoms with Crippen molar-refractivity contribution in [3.05, 3.63) is 36.5 Å². The van der Waals surface area contributed by atoms with Crippen LogP contribution >= 0.6 is 15.9 Å². The first-order valence-electron chi connectivity index (χ1n) is 3.48. The summed E-state index contributed by atoms with van der Waals surface area (Å²) in [5.74, 6) is -2.80. The molecule has 0 saturated heterocycles. The predicted octanol–water partition coefficient (Wildman–Crippen LogP) is 3.71. The second kappa shape index (κ2) is 5.25. The van der Waals surface area contributed by atoms with Crippen LogP contribution in [-0.2, 0) is 0 Å². The van der Waals surface area contributed by atoms with Crippen LogP contribution in [0.25, 0.3) is 0 Å². The molecule has 0 fully saturated rings. The lowest BCUT2D eigenvalue weighted by atomic mass is 10.1. The molecule has 12 heavy (non-hydrogen) atoms. The molecule has 3 heteroatoms. The van der Waals surface area contributed by atoms with Crippen LogP contribution < -0.4 is 0 Å². The highest BCUT2D eigenvalue weighted by Crippen LogP contribution is 2.26. The third-order valence-electron chi connectivity index (χ3n) is 1.31. The molecule has 0 bridgehead atoms. The Hall–Kier alpha value is -0.440.